The molecule has 0 aliphatic heterocycles. The van der Waals surface area contributed by atoms with Gasteiger partial charge in [0.2, 0.25) is 5.89 Å². The van der Waals surface area contributed by atoms with Gasteiger partial charge in [0.05, 0.1) is 18.7 Å². The Kier molecular flexibility index (Phi) is 5.68. The van der Waals surface area contributed by atoms with E-state index in [2.05, 4.69) is 20.4 Å². The maximum atomic E-state index is 11.3. The van der Waals surface area contributed by atoms with Crippen LogP contribution in [0.5, 0.6) is 0 Å². The van der Waals surface area contributed by atoms with Crippen molar-refractivity contribution in [1.29, 1.82) is 0 Å². The lowest BCUT2D eigenvalue weighted by Crippen LogP contribution is -2.06. The summed E-state index contributed by atoms with van der Waals surface area (Å²) in [6, 6.07) is 0. The van der Waals surface area contributed by atoms with Crippen molar-refractivity contribution in [2.75, 3.05) is 18.5 Å². The predicted octanol–water partition coefficient (Wildman–Crippen LogP) is 1.98. The first-order valence-electron chi connectivity index (χ1n) is 6.80. The number of rotatable bonds is 8. The van der Waals surface area contributed by atoms with E-state index in [0.29, 0.717) is 44.1 Å². The second-order valence-electron chi connectivity index (χ2n) is 4.36. The van der Waals surface area contributed by atoms with E-state index < -0.39 is 0 Å². The van der Waals surface area contributed by atoms with E-state index in [-0.39, 0.29) is 5.97 Å². The van der Waals surface area contributed by atoms with Gasteiger partial charge in [-0.3, -0.25) is 4.79 Å². The Balaban J connectivity index is 1.71. The molecule has 0 saturated heterocycles. The normalized spacial score (nSPS) is 10.6. The molecule has 0 bridgehead atoms. The van der Waals surface area contributed by atoms with E-state index >= 15 is 0 Å². The van der Waals surface area contributed by atoms with Crippen LogP contribution in [-0.2, 0) is 22.4 Å². The highest BCUT2D eigenvalue weighted by molar-refractivity contribution is 7.13. The average Bonchev–Trinajstić information content (AvgIpc) is 3.06. The number of aromatic nitrogens is 3. The maximum Gasteiger partial charge on any atom is 0.306 e. The second kappa shape index (κ2) is 7.72. The molecular weight excluding hydrogens is 292 g/mol. The van der Waals surface area contributed by atoms with Gasteiger partial charge >= 0.3 is 5.97 Å². The standard InChI is InChI=1S/C13H18N4O3S/c1-3-19-12(18)5-4-10-8-21-13(16-10)14-7-6-11-15-9(2)17-20-11/h8H,3-7H2,1-2H3,(H,14,16). The highest BCUT2D eigenvalue weighted by atomic mass is 32.1. The number of thiazole rings is 1. The summed E-state index contributed by atoms with van der Waals surface area (Å²) in [5.41, 5.74) is 0.893. The number of carbonyl (C=O) groups is 1. The van der Waals surface area contributed by atoms with Crippen molar-refractivity contribution in [2.24, 2.45) is 0 Å². The average molecular weight is 310 g/mol. The summed E-state index contributed by atoms with van der Waals surface area (Å²) in [6.07, 6.45) is 1.61. The van der Waals surface area contributed by atoms with Crippen molar-refractivity contribution >= 4 is 22.4 Å². The van der Waals surface area contributed by atoms with E-state index in [4.69, 9.17) is 9.26 Å². The summed E-state index contributed by atoms with van der Waals surface area (Å²) in [5.74, 6) is 1.06. The largest absolute Gasteiger partial charge is 0.466 e. The number of hydrogen-bond donors (Lipinski definition) is 1. The molecule has 2 rings (SSSR count). The van der Waals surface area contributed by atoms with Crippen molar-refractivity contribution in [3.8, 4) is 0 Å². The molecule has 2 aromatic rings. The van der Waals surface area contributed by atoms with Gasteiger partial charge in [0, 0.05) is 24.8 Å². The number of carbonyl (C=O) groups excluding carboxylic acids is 1. The van der Waals surface area contributed by atoms with Gasteiger partial charge in [-0.1, -0.05) is 5.16 Å². The Bertz CT molecular complexity index is 581. The minimum atomic E-state index is -0.188. The second-order valence-corrected chi connectivity index (χ2v) is 5.22. The smallest absolute Gasteiger partial charge is 0.306 e. The Morgan fingerprint density at radius 1 is 1.43 bits per heavy atom. The number of ether oxygens (including phenoxy) is 1. The minimum absolute atomic E-state index is 0.188. The summed E-state index contributed by atoms with van der Waals surface area (Å²) >= 11 is 1.51. The van der Waals surface area contributed by atoms with Crippen molar-refractivity contribution < 1.29 is 14.1 Å². The van der Waals surface area contributed by atoms with Crippen LogP contribution in [-0.4, -0.2) is 34.2 Å². The topological polar surface area (TPSA) is 90.1 Å². The molecule has 7 nitrogen and oxygen atoms in total. The van der Waals surface area contributed by atoms with Gasteiger partial charge in [-0.25, -0.2) is 4.98 Å². The highest BCUT2D eigenvalue weighted by Gasteiger charge is 2.07. The van der Waals surface area contributed by atoms with Gasteiger partial charge in [0.15, 0.2) is 11.0 Å². The summed E-state index contributed by atoms with van der Waals surface area (Å²) in [5, 5.41) is 9.70. The zero-order chi connectivity index (χ0) is 15.1. The molecule has 0 radical (unpaired) electrons. The zero-order valence-corrected chi connectivity index (χ0v) is 12.9. The molecule has 2 heterocycles. The Morgan fingerprint density at radius 2 is 2.29 bits per heavy atom. The molecule has 0 saturated carbocycles. The van der Waals surface area contributed by atoms with Gasteiger partial charge in [-0.2, -0.15) is 4.98 Å². The molecule has 0 aliphatic carbocycles. The molecule has 0 atom stereocenters. The molecule has 2 aromatic heterocycles. The molecule has 0 aliphatic rings. The van der Waals surface area contributed by atoms with E-state index in [1.165, 1.54) is 11.3 Å². The van der Waals surface area contributed by atoms with Crippen LogP contribution in [0.15, 0.2) is 9.90 Å². The fourth-order valence-corrected chi connectivity index (χ4v) is 2.46. The SMILES string of the molecule is CCOC(=O)CCc1csc(NCCc2nc(C)no2)n1. The Hall–Kier alpha value is -1.96. The predicted molar refractivity (Wildman–Crippen MR) is 78.3 cm³/mol. The lowest BCUT2D eigenvalue weighted by Gasteiger charge is -2.00. The van der Waals surface area contributed by atoms with Crippen LogP contribution >= 0.6 is 11.3 Å². The number of anilines is 1. The third-order valence-corrected chi connectivity index (χ3v) is 3.48. The number of hydrogen-bond acceptors (Lipinski definition) is 8. The van der Waals surface area contributed by atoms with Gasteiger partial charge in [-0.15, -0.1) is 11.3 Å². The van der Waals surface area contributed by atoms with Crippen molar-refractivity contribution in [2.45, 2.75) is 33.1 Å². The maximum absolute atomic E-state index is 11.3. The van der Waals surface area contributed by atoms with E-state index in [9.17, 15) is 4.79 Å². The number of nitrogens with one attached hydrogen (secondary N) is 1. The van der Waals surface area contributed by atoms with Crippen LogP contribution in [0.1, 0.15) is 30.8 Å². The molecule has 1 N–H and O–H groups in total. The number of esters is 1. The van der Waals surface area contributed by atoms with Crippen LogP contribution < -0.4 is 5.32 Å². The van der Waals surface area contributed by atoms with Gasteiger partial charge < -0.3 is 14.6 Å². The highest BCUT2D eigenvalue weighted by Crippen LogP contribution is 2.16. The van der Waals surface area contributed by atoms with Crippen LogP contribution in [0.3, 0.4) is 0 Å². The van der Waals surface area contributed by atoms with Crippen molar-refractivity contribution in [3.05, 3.63) is 22.8 Å². The van der Waals surface area contributed by atoms with Crippen LogP contribution in [0.25, 0.3) is 0 Å². The minimum Gasteiger partial charge on any atom is -0.466 e. The van der Waals surface area contributed by atoms with E-state index in [0.717, 1.165) is 10.8 Å². The van der Waals surface area contributed by atoms with Crippen molar-refractivity contribution in [3.63, 3.8) is 0 Å². The summed E-state index contributed by atoms with van der Waals surface area (Å²) in [4.78, 5) is 19.8. The molecule has 0 spiro atoms. The van der Waals surface area contributed by atoms with Gasteiger partial charge in [-0.05, 0) is 13.8 Å². The number of nitrogens with zero attached hydrogens (tertiary/aromatic N) is 3. The lowest BCUT2D eigenvalue weighted by molar-refractivity contribution is -0.143. The Morgan fingerprint density at radius 3 is 3.00 bits per heavy atom. The Labute approximate surface area is 126 Å². The molecule has 114 valence electrons. The lowest BCUT2D eigenvalue weighted by atomic mass is 10.2. The quantitative estimate of drug-likeness (QED) is 0.745. The molecule has 21 heavy (non-hydrogen) atoms. The van der Waals surface area contributed by atoms with Crippen LogP contribution in [0.4, 0.5) is 5.13 Å². The number of aryl methyl sites for hydroxylation is 2. The third kappa shape index (κ3) is 5.14. The first-order valence-corrected chi connectivity index (χ1v) is 7.68. The fraction of sp³-hybridized carbons (Fsp3) is 0.538. The van der Waals surface area contributed by atoms with Gasteiger partial charge in [0.1, 0.15) is 0 Å². The molecule has 0 aromatic carbocycles. The van der Waals surface area contributed by atoms with Gasteiger partial charge in [0.25, 0.3) is 0 Å². The molecule has 0 unspecified atom stereocenters. The molecule has 8 heteroatoms. The fourth-order valence-electron chi connectivity index (χ4n) is 1.68. The van der Waals surface area contributed by atoms with E-state index in [1.54, 1.807) is 13.8 Å². The van der Waals surface area contributed by atoms with Crippen molar-refractivity contribution in [1.82, 2.24) is 15.1 Å². The molecule has 0 fully saturated rings. The summed E-state index contributed by atoms with van der Waals surface area (Å²) in [6.45, 7) is 4.68. The monoisotopic (exact) mass is 310 g/mol. The molecule has 0 amide bonds. The summed E-state index contributed by atoms with van der Waals surface area (Å²) in [7, 11) is 0. The molecular formula is C13H18N4O3S. The van der Waals surface area contributed by atoms with E-state index in [1.807, 2.05) is 5.38 Å². The first kappa shape index (κ1) is 15.4. The zero-order valence-electron chi connectivity index (χ0n) is 12.1. The first-order chi connectivity index (χ1) is 10.2. The third-order valence-electron chi connectivity index (χ3n) is 2.63. The van der Waals surface area contributed by atoms with Crippen LogP contribution in [0.2, 0.25) is 0 Å². The van der Waals surface area contributed by atoms with Crippen LogP contribution in [0, 0.1) is 6.92 Å². The summed E-state index contributed by atoms with van der Waals surface area (Å²) < 4.78 is 9.91.